The van der Waals surface area contributed by atoms with Crippen LogP contribution in [0.15, 0.2) is 72.8 Å². The molecular formula is C26H25BrF6O6. The van der Waals surface area contributed by atoms with Crippen molar-refractivity contribution in [3.8, 4) is 17.2 Å². The predicted octanol–water partition coefficient (Wildman–Crippen LogP) is 8.07. The number of ether oxygens (including phenoxy) is 3. The largest absolute Gasteiger partial charge is 0.478 e. The number of para-hydroxylation sites is 3. The van der Waals surface area contributed by atoms with Crippen molar-refractivity contribution in [2.45, 2.75) is 44.6 Å². The second kappa shape index (κ2) is 17.2. The highest BCUT2D eigenvalue weighted by Gasteiger charge is 2.14. The summed E-state index contributed by atoms with van der Waals surface area (Å²) in [5.74, 6) is -1.38. The van der Waals surface area contributed by atoms with E-state index in [1.165, 1.54) is 43.3 Å². The number of carboxylic acid groups (broad SMARTS) is 1. The Labute approximate surface area is 228 Å². The molecule has 0 fully saturated rings. The molecule has 0 radical (unpaired) electrons. The SMILES string of the molecule is CC(Br)c1ccccc1OC(F)F.CC(O)c1ccccc1OC(F)F.O=C(O)c1ccccc1OC(F)F. The summed E-state index contributed by atoms with van der Waals surface area (Å²) in [4.78, 5) is 10.5. The molecule has 0 heterocycles. The van der Waals surface area contributed by atoms with Crippen molar-refractivity contribution < 1.29 is 55.6 Å². The lowest BCUT2D eigenvalue weighted by Crippen LogP contribution is -2.07. The van der Waals surface area contributed by atoms with E-state index in [0.29, 0.717) is 5.56 Å². The van der Waals surface area contributed by atoms with Crippen LogP contribution in [0, 0.1) is 0 Å². The Balaban J connectivity index is 0.000000292. The summed E-state index contributed by atoms with van der Waals surface area (Å²) in [5, 5.41) is 17.7. The van der Waals surface area contributed by atoms with Crippen LogP contribution in [0.5, 0.6) is 17.2 Å². The molecule has 2 N–H and O–H groups in total. The van der Waals surface area contributed by atoms with Crippen LogP contribution in [-0.4, -0.2) is 36.0 Å². The topological polar surface area (TPSA) is 85.2 Å². The first-order valence-corrected chi connectivity index (χ1v) is 11.9. The lowest BCUT2D eigenvalue weighted by molar-refractivity contribution is -0.0518. The maximum Gasteiger partial charge on any atom is 0.387 e. The number of aliphatic hydroxyl groups is 1. The Morgan fingerprint density at radius 1 is 0.667 bits per heavy atom. The first-order valence-electron chi connectivity index (χ1n) is 11.0. The van der Waals surface area contributed by atoms with Crippen molar-refractivity contribution in [1.29, 1.82) is 0 Å². The first-order chi connectivity index (χ1) is 18.3. The number of halogens is 7. The van der Waals surface area contributed by atoms with Crippen LogP contribution in [0.3, 0.4) is 0 Å². The van der Waals surface area contributed by atoms with Crippen molar-refractivity contribution in [1.82, 2.24) is 0 Å². The van der Waals surface area contributed by atoms with E-state index in [1.807, 2.05) is 6.92 Å². The highest BCUT2D eigenvalue weighted by molar-refractivity contribution is 9.09. The molecule has 3 aromatic rings. The Morgan fingerprint density at radius 2 is 1.03 bits per heavy atom. The molecule has 0 bridgehead atoms. The minimum atomic E-state index is -3.01. The number of hydrogen-bond donors (Lipinski definition) is 2. The van der Waals surface area contributed by atoms with Crippen molar-refractivity contribution in [2.75, 3.05) is 0 Å². The van der Waals surface area contributed by atoms with Gasteiger partial charge in [0.25, 0.3) is 0 Å². The zero-order valence-corrected chi connectivity index (χ0v) is 22.1. The van der Waals surface area contributed by atoms with Gasteiger partial charge in [-0.15, -0.1) is 0 Å². The van der Waals surface area contributed by atoms with Gasteiger partial charge >= 0.3 is 25.8 Å². The standard InChI is InChI=1S/C9H9BrF2O.C9H10F2O2.C8H6F2O3/c1-6(10)7-4-2-3-5-8(7)13-9(11)12;1-6(12)7-4-2-3-5-8(7)13-9(10)11;9-8(10)13-6-4-2-1-3-5(6)7(11)12/h2-6,9H,1H3;2-6,9,12H,1H3;1-4,8H,(H,11,12). The molecule has 2 unspecified atom stereocenters. The van der Waals surface area contributed by atoms with Gasteiger partial charge in [-0.2, -0.15) is 26.3 Å². The Bertz CT molecular complexity index is 1090. The minimum Gasteiger partial charge on any atom is -0.478 e. The summed E-state index contributed by atoms with van der Waals surface area (Å²) in [5.41, 5.74) is 0.813. The van der Waals surface area contributed by atoms with Crippen molar-refractivity contribution in [2.24, 2.45) is 0 Å². The van der Waals surface area contributed by atoms with Crippen molar-refractivity contribution in [3.05, 3.63) is 89.5 Å². The summed E-state index contributed by atoms with van der Waals surface area (Å²) >= 11 is 3.30. The van der Waals surface area contributed by atoms with E-state index in [-0.39, 0.29) is 27.6 Å². The normalized spacial score (nSPS) is 12.0. The third-order valence-electron chi connectivity index (χ3n) is 4.48. The fraction of sp³-hybridized carbons (Fsp3) is 0.269. The van der Waals surface area contributed by atoms with Crippen LogP contribution >= 0.6 is 15.9 Å². The molecule has 0 aromatic heterocycles. The molecule has 214 valence electrons. The zero-order valence-electron chi connectivity index (χ0n) is 20.5. The summed E-state index contributed by atoms with van der Waals surface area (Å²) in [6.45, 7) is -5.30. The predicted molar refractivity (Wildman–Crippen MR) is 134 cm³/mol. The molecule has 3 aromatic carbocycles. The van der Waals surface area contributed by atoms with Crippen LogP contribution in [-0.2, 0) is 0 Å². The van der Waals surface area contributed by atoms with Gasteiger partial charge in [0, 0.05) is 16.0 Å². The van der Waals surface area contributed by atoms with Crippen LogP contribution < -0.4 is 14.2 Å². The van der Waals surface area contributed by atoms with Gasteiger partial charge in [0.15, 0.2) is 0 Å². The second-order valence-electron chi connectivity index (χ2n) is 7.30. The smallest absolute Gasteiger partial charge is 0.387 e. The van der Waals surface area contributed by atoms with Crippen molar-refractivity contribution >= 4 is 21.9 Å². The summed E-state index contributed by atoms with van der Waals surface area (Å²) in [7, 11) is 0. The fourth-order valence-electron chi connectivity index (χ4n) is 2.88. The number of carboxylic acids is 1. The zero-order chi connectivity index (χ0) is 29.5. The monoisotopic (exact) mass is 626 g/mol. The maximum absolute atomic E-state index is 11.9. The van der Waals surface area contributed by atoms with Gasteiger partial charge in [-0.05, 0) is 38.1 Å². The number of alkyl halides is 7. The number of carbonyl (C=O) groups is 1. The molecule has 39 heavy (non-hydrogen) atoms. The molecule has 0 amide bonds. The molecular weight excluding hydrogens is 602 g/mol. The highest BCUT2D eigenvalue weighted by atomic mass is 79.9. The van der Waals surface area contributed by atoms with E-state index in [1.54, 1.807) is 36.4 Å². The van der Waals surface area contributed by atoms with E-state index >= 15 is 0 Å². The molecule has 0 aliphatic carbocycles. The number of hydrogen-bond acceptors (Lipinski definition) is 5. The van der Waals surface area contributed by atoms with E-state index in [2.05, 4.69) is 30.1 Å². The van der Waals surface area contributed by atoms with Crippen molar-refractivity contribution in [3.63, 3.8) is 0 Å². The Hall–Kier alpha value is -3.45. The van der Waals surface area contributed by atoms with E-state index in [9.17, 15) is 36.2 Å². The van der Waals surface area contributed by atoms with E-state index in [4.69, 9.17) is 5.11 Å². The third kappa shape index (κ3) is 12.8. The fourth-order valence-corrected chi connectivity index (χ4v) is 3.26. The van der Waals surface area contributed by atoms with Gasteiger partial charge in [-0.3, -0.25) is 0 Å². The number of rotatable bonds is 9. The van der Waals surface area contributed by atoms with Crippen LogP contribution in [0.1, 0.15) is 46.3 Å². The number of aromatic carboxylic acids is 1. The average molecular weight is 627 g/mol. The van der Waals surface area contributed by atoms with E-state index < -0.39 is 31.9 Å². The number of aliphatic hydroxyl groups excluding tert-OH is 1. The van der Waals surface area contributed by atoms with Crippen LogP contribution in [0.25, 0.3) is 0 Å². The number of benzene rings is 3. The van der Waals surface area contributed by atoms with E-state index in [0.717, 1.165) is 5.56 Å². The second-order valence-corrected chi connectivity index (χ2v) is 8.68. The molecule has 2 atom stereocenters. The Morgan fingerprint density at radius 3 is 1.44 bits per heavy atom. The Kier molecular flexibility index (Phi) is 14.8. The molecule has 6 nitrogen and oxygen atoms in total. The molecule has 0 aliphatic rings. The van der Waals surface area contributed by atoms with Crippen LogP contribution in [0.2, 0.25) is 0 Å². The van der Waals surface area contributed by atoms with Crippen LogP contribution in [0.4, 0.5) is 26.3 Å². The molecule has 3 rings (SSSR count). The van der Waals surface area contributed by atoms with Gasteiger partial charge in [0.2, 0.25) is 0 Å². The quantitative estimate of drug-likeness (QED) is 0.184. The summed E-state index contributed by atoms with van der Waals surface area (Å²) < 4.78 is 83.6. The van der Waals surface area contributed by atoms with Gasteiger partial charge in [-0.1, -0.05) is 64.5 Å². The lowest BCUT2D eigenvalue weighted by atomic mass is 10.1. The lowest BCUT2D eigenvalue weighted by Gasteiger charge is -2.11. The molecule has 0 saturated carbocycles. The summed E-state index contributed by atoms with van der Waals surface area (Å²) in [6, 6.07) is 18.1. The molecule has 0 aliphatic heterocycles. The molecule has 0 saturated heterocycles. The highest BCUT2D eigenvalue weighted by Crippen LogP contribution is 2.31. The third-order valence-corrected chi connectivity index (χ3v) is 4.98. The van der Waals surface area contributed by atoms with Gasteiger partial charge in [0.05, 0.1) is 6.10 Å². The molecule has 0 spiro atoms. The van der Waals surface area contributed by atoms with Gasteiger partial charge in [0.1, 0.15) is 22.8 Å². The van der Waals surface area contributed by atoms with Gasteiger partial charge < -0.3 is 24.4 Å². The van der Waals surface area contributed by atoms with Gasteiger partial charge in [-0.25, -0.2) is 4.79 Å². The molecule has 13 heteroatoms. The average Bonchev–Trinajstić information content (AvgIpc) is 2.84. The first kappa shape index (κ1) is 33.6. The minimum absolute atomic E-state index is 0.00227. The maximum atomic E-state index is 11.9. The summed E-state index contributed by atoms with van der Waals surface area (Å²) in [6.07, 6.45) is -0.810.